The van der Waals surface area contributed by atoms with Crippen LogP contribution in [0.2, 0.25) is 0 Å². The van der Waals surface area contributed by atoms with Gasteiger partial charge in [-0.05, 0) is 18.1 Å². The molecule has 5 nitrogen and oxygen atoms in total. The summed E-state index contributed by atoms with van der Waals surface area (Å²) in [7, 11) is -3.49. The van der Waals surface area contributed by atoms with E-state index in [2.05, 4.69) is 9.71 Å². The van der Waals surface area contributed by atoms with Crippen molar-refractivity contribution in [2.45, 2.75) is 6.42 Å². The van der Waals surface area contributed by atoms with Crippen LogP contribution in [0.1, 0.15) is 5.56 Å². The van der Waals surface area contributed by atoms with Crippen molar-refractivity contribution in [3.8, 4) is 6.07 Å². The molecule has 0 bridgehead atoms. The van der Waals surface area contributed by atoms with Gasteiger partial charge in [-0.15, -0.1) is 0 Å². The topological polar surface area (TPSA) is 82.8 Å². The Kier molecular flexibility index (Phi) is 4.10. The molecule has 2 rings (SSSR count). The molecule has 0 amide bonds. The van der Waals surface area contributed by atoms with Crippen LogP contribution in [0.5, 0.6) is 0 Å². The molecule has 0 radical (unpaired) electrons. The summed E-state index contributed by atoms with van der Waals surface area (Å²) in [6, 6.07) is 11.3. The van der Waals surface area contributed by atoms with Crippen molar-refractivity contribution in [2.24, 2.45) is 0 Å². The molecule has 0 spiro atoms. The second kappa shape index (κ2) is 5.78. The fraction of sp³-hybridized carbons (Fsp3) is 0.231. The second-order valence-electron chi connectivity index (χ2n) is 4.05. The minimum absolute atomic E-state index is 0.264. The Labute approximate surface area is 111 Å². The molecule has 1 heterocycles. The Morgan fingerprint density at radius 3 is 2.84 bits per heavy atom. The van der Waals surface area contributed by atoms with Gasteiger partial charge in [-0.1, -0.05) is 24.3 Å². The zero-order valence-electron chi connectivity index (χ0n) is 10.2. The molecule has 1 N–H and O–H groups in total. The van der Waals surface area contributed by atoms with Gasteiger partial charge in [-0.25, -0.2) is 13.1 Å². The first-order valence-corrected chi connectivity index (χ1v) is 7.44. The summed E-state index contributed by atoms with van der Waals surface area (Å²) < 4.78 is 25.1. The Morgan fingerprint density at radius 2 is 2.05 bits per heavy atom. The summed E-state index contributed by atoms with van der Waals surface area (Å²) in [5, 5.41) is 9.41. The molecule has 0 unspecified atom stereocenters. The lowest BCUT2D eigenvalue weighted by atomic mass is 10.1. The minimum atomic E-state index is -3.49. The molecule has 6 heteroatoms. The maximum absolute atomic E-state index is 11.3. The average Bonchev–Trinajstić information content (AvgIpc) is 2.39. The maximum atomic E-state index is 11.3. The van der Waals surface area contributed by atoms with Crippen LogP contribution < -0.4 is 4.72 Å². The number of hydrogen-bond acceptors (Lipinski definition) is 4. The van der Waals surface area contributed by atoms with E-state index in [1.54, 1.807) is 12.3 Å². The summed E-state index contributed by atoms with van der Waals surface area (Å²) in [5.74, 6) is -0.513. The van der Waals surface area contributed by atoms with Crippen molar-refractivity contribution >= 4 is 20.9 Å². The van der Waals surface area contributed by atoms with Gasteiger partial charge in [0.25, 0.3) is 0 Å². The van der Waals surface area contributed by atoms with Gasteiger partial charge in [-0.3, -0.25) is 4.98 Å². The van der Waals surface area contributed by atoms with Crippen LogP contribution in [0.15, 0.2) is 36.5 Å². The first-order valence-electron chi connectivity index (χ1n) is 5.79. The van der Waals surface area contributed by atoms with Crippen molar-refractivity contribution in [2.75, 3.05) is 12.3 Å². The van der Waals surface area contributed by atoms with E-state index < -0.39 is 15.8 Å². The third kappa shape index (κ3) is 3.50. The summed E-state index contributed by atoms with van der Waals surface area (Å²) in [6.45, 7) is 0.264. The highest BCUT2D eigenvalue weighted by atomic mass is 32.2. The van der Waals surface area contributed by atoms with E-state index in [4.69, 9.17) is 5.26 Å². The minimum Gasteiger partial charge on any atom is -0.256 e. The molecule has 0 aliphatic rings. The largest absolute Gasteiger partial charge is 0.256 e. The summed E-state index contributed by atoms with van der Waals surface area (Å²) in [6.07, 6.45) is 2.25. The molecule has 1 aromatic heterocycles. The number of sulfonamides is 1. The number of para-hydroxylation sites is 1. The number of pyridine rings is 1. The van der Waals surface area contributed by atoms with Crippen molar-refractivity contribution in [3.63, 3.8) is 0 Å². The van der Waals surface area contributed by atoms with Crippen LogP contribution in [-0.2, 0) is 16.4 Å². The molecular weight excluding hydrogens is 262 g/mol. The Bertz CT molecular complexity index is 715. The lowest BCUT2D eigenvalue weighted by Gasteiger charge is -2.06. The van der Waals surface area contributed by atoms with Crippen LogP contribution in [0, 0.1) is 11.3 Å². The Hall–Kier alpha value is -1.97. The molecule has 0 fully saturated rings. The second-order valence-corrected chi connectivity index (χ2v) is 5.86. The van der Waals surface area contributed by atoms with Gasteiger partial charge in [0.2, 0.25) is 10.0 Å². The Balaban J connectivity index is 2.09. The number of nitriles is 1. The van der Waals surface area contributed by atoms with Crippen molar-refractivity contribution in [1.82, 2.24) is 9.71 Å². The van der Waals surface area contributed by atoms with Gasteiger partial charge in [0.15, 0.2) is 5.75 Å². The summed E-state index contributed by atoms with van der Waals surface area (Å²) in [5.41, 5.74) is 1.86. The average molecular weight is 275 g/mol. The van der Waals surface area contributed by atoms with E-state index in [1.807, 2.05) is 30.3 Å². The van der Waals surface area contributed by atoms with E-state index in [0.29, 0.717) is 6.42 Å². The molecule has 0 aliphatic heterocycles. The number of nitrogens with zero attached hydrogens (tertiary/aromatic N) is 2. The monoisotopic (exact) mass is 275 g/mol. The standard InChI is InChI=1S/C13H13N3O2S/c14-7-10-19(17,18)16-9-6-12-4-1-3-11-5-2-8-15-13(11)12/h1-5,8,16H,6,9-10H2. The highest BCUT2D eigenvalue weighted by Crippen LogP contribution is 2.15. The zero-order valence-corrected chi connectivity index (χ0v) is 11.0. The van der Waals surface area contributed by atoms with Crippen LogP contribution in [0.25, 0.3) is 10.9 Å². The molecule has 0 atom stereocenters. The van der Waals surface area contributed by atoms with E-state index in [0.717, 1.165) is 16.5 Å². The maximum Gasteiger partial charge on any atom is 0.225 e. The number of benzene rings is 1. The number of hydrogen-bond donors (Lipinski definition) is 1. The molecule has 2 aromatic rings. The molecule has 0 saturated carbocycles. The van der Waals surface area contributed by atoms with Crippen molar-refractivity contribution < 1.29 is 8.42 Å². The highest BCUT2D eigenvalue weighted by molar-refractivity contribution is 7.89. The lowest BCUT2D eigenvalue weighted by Crippen LogP contribution is -2.27. The summed E-state index contributed by atoms with van der Waals surface area (Å²) in [4.78, 5) is 4.30. The number of rotatable bonds is 5. The number of aromatic nitrogens is 1. The normalized spacial score (nSPS) is 11.3. The SMILES string of the molecule is N#CCS(=O)(=O)NCCc1cccc2cccnc12. The Morgan fingerprint density at radius 1 is 1.26 bits per heavy atom. The molecule has 0 saturated heterocycles. The van der Waals surface area contributed by atoms with E-state index in [9.17, 15) is 8.42 Å². The smallest absolute Gasteiger partial charge is 0.225 e. The first kappa shape index (κ1) is 13.5. The van der Waals surface area contributed by atoms with Crippen molar-refractivity contribution in [3.05, 3.63) is 42.1 Å². The molecule has 0 aliphatic carbocycles. The fourth-order valence-electron chi connectivity index (χ4n) is 1.85. The van der Waals surface area contributed by atoms with Crippen LogP contribution in [0.3, 0.4) is 0 Å². The van der Waals surface area contributed by atoms with E-state index in [-0.39, 0.29) is 6.54 Å². The lowest BCUT2D eigenvalue weighted by molar-refractivity contribution is 0.585. The highest BCUT2D eigenvalue weighted by Gasteiger charge is 2.09. The van der Waals surface area contributed by atoms with Gasteiger partial charge in [0.05, 0.1) is 11.6 Å². The summed E-state index contributed by atoms with van der Waals surface area (Å²) >= 11 is 0. The zero-order chi connectivity index (χ0) is 13.7. The third-order valence-corrected chi connectivity index (χ3v) is 3.84. The van der Waals surface area contributed by atoms with Gasteiger partial charge in [0.1, 0.15) is 0 Å². The fourth-order valence-corrected chi connectivity index (χ4v) is 2.53. The van der Waals surface area contributed by atoms with Gasteiger partial charge < -0.3 is 0 Å². The number of nitrogens with one attached hydrogen (secondary N) is 1. The van der Waals surface area contributed by atoms with Crippen LogP contribution in [-0.4, -0.2) is 25.7 Å². The van der Waals surface area contributed by atoms with Crippen LogP contribution in [0.4, 0.5) is 0 Å². The van der Waals surface area contributed by atoms with E-state index in [1.165, 1.54) is 0 Å². The molecule has 98 valence electrons. The van der Waals surface area contributed by atoms with Crippen molar-refractivity contribution in [1.29, 1.82) is 5.26 Å². The predicted octanol–water partition coefficient (Wildman–Crippen LogP) is 1.22. The van der Waals surface area contributed by atoms with E-state index >= 15 is 0 Å². The molecule has 19 heavy (non-hydrogen) atoms. The van der Waals surface area contributed by atoms with Gasteiger partial charge in [-0.2, -0.15) is 5.26 Å². The predicted molar refractivity (Wildman–Crippen MR) is 72.8 cm³/mol. The van der Waals surface area contributed by atoms with Gasteiger partial charge in [0, 0.05) is 18.1 Å². The first-order chi connectivity index (χ1) is 9.12. The van der Waals surface area contributed by atoms with Crippen LogP contribution >= 0.6 is 0 Å². The molecule has 1 aromatic carbocycles. The third-order valence-electron chi connectivity index (χ3n) is 2.69. The molecular formula is C13H13N3O2S. The van der Waals surface area contributed by atoms with Gasteiger partial charge >= 0.3 is 0 Å². The quantitative estimate of drug-likeness (QED) is 0.889. The number of fused-ring (bicyclic) bond motifs is 1.